The molecule has 2 aromatic heterocycles. The third kappa shape index (κ3) is 5.56. The molecule has 2 aliphatic heterocycles. The molecule has 0 aliphatic carbocycles. The lowest BCUT2D eigenvalue weighted by Crippen LogP contribution is -2.51. The Morgan fingerprint density at radius 2 is 1.95 bits per heavy atom. The Morgan fingerprint density at radius 3 is 2.67 bits per heavy atom. The average molecular weight is 573 g/mol. The smallest absolute Gasteiger partial charge is 0.315 e. The second kappa shape index (κ2) is 10.4. The molecule has 1 fully saturated rings. The summed E-state index contributed by atoms with van der Waals surface area (Å²) in [5, 5.41) is 9.02. The molecule has 2 amide bonds. The molecule has 1 atom stereocenters. The van der Waals surface area contributed by atoms with E-state index in [-0.39, 0.29) is 67.2 Å². The topological polar surface area (TPSA) is 169 Å². The molecule has 2 N–H and O–H groups in total. The Balaban J connectivity index is 1.26. The zero-order valence-electron chi connectivity index (χ0n) is 21.5. The number of nitrogens with one attached hydrogen (secondary N) is 2. The average Bonchev–Trinajstić information content (AvgIpc) is 3.43. The van der Waals surface area contributed by atoms with Gasteiger partial charge in [0.2, 0.25) is 10.0 Å². The van der Waals surface area contributed by atoms with E-state index in [4.69, 9.17) is 4.74 Å². The second-order valence-electron chi connectivity index (χ2n) is 9.84. The van der Waals surface area contributed by atoms with Crippen molar-refractivity contribution in [2.24, 2.45) is 5.92 Å². The molecule has 13 nitrogen and oxygen atoms in total. The van der Waals surface area contributed by atoms with E-state index in [2.05, 4.69) is 20.7 Å². The third-order valence-electron chi connectivity index (χ3n) is 6.74. The number of halogens is 1. The quantitative estimate of drug-likeness (QED) is 0.269. The summed E-state index contributed by atoms with van der Waals surface area (Å²) in [5.41, 5.74) is 0.592. The molecule has 1 saturated heterocycles. The van der Waals surface area contributed by atoms with Crippen molar-refractivity contribution in [3.63, 3.8) is 0 Å². The maximum atomic E-state index is 14.4. The van der Waals surface area contributed by atoms with Crippen LogP contribution in [0.3, 0.4) is 0 Å². The Morgan fingerprint density at radius 1 is 1.20 bits per heavy atom. The highest BCUT2D eigenvalue weighted by Crippen LogP contribution is 2.27. The van der Waals surface area contributed by atoms with Gasteiger partial charge < -0.3 is 15.4 Å². The van der Waals surface area contributed by atoms with Crippen molar-refractivity contribution in [1.82, 2.24) is 29.5 Å². The van der Waals surface area contributed by atoms with E-state index >= 15 is 0 Å². The number of ketones is 1. The first-order chi connectivity index (χ1) is 18.9. The number of benzene rings is 1. The van der Waals surface area contributed by atoms with Crippen molar-refractivity contribution >= 4 is 39.2 Å². The summed E-state index contributed by atoms with van der Waals surface area (Å²) >= 11 is 0. The van der Waals surface area contributed by atoms with E-state index in [1.807, 2.05) is 0 Å². The maximum Gasteiger partial charge on any atom is 0.315 e. The van der Waals surface area contributed by atoms with Crippen molar-refractivity contribution in [2.45, 2.75) is 32.4 Å². The first-order valence-corrected chi connectivity index (χ1v) is 14.2. The van der Waals surface area contributed by atoms with E-state index in [9.17, 15) is 32.0 Å². The number of hydrogen-bond acceptors (Lipinski definition) is 9. The largest absolute Gasteiger partial charge is 0.426 e. The van der Waals surface area contributed by atoms with Gasteiger partial charge in [-0.05, 0) is 30.5 Å². The van der Waals surface area contributed by atoms with Crippen LogP contribution in [0, 0.1) is 11.7 Å². The van der Waals surface area contributed by atoms with Gasteiger partial charge in [0.15, 0.2) is 17.2 Å². The molecule has 0 saturated carbocycles. The Kier molecular flexibility index (Phi) is 7.10. The number of ether oxygens (including phenoxy) is 1. The van der Waals surface area contributed by atoms with Crippen molar-refractivity contribution < 1.29 is 36.7 Å². The summed E-state index contributed by atoms with van der Waals surface area (Å²) in [4.78, 5) is 54.1. The van der Waals surface area contributed by atoms with Gasteiger partial charge in [-0.25, -0.2) is 26.6 Å². The zero-order valence-corrected chi connectivity index (χ0v) is 22.3. The summed E-state index contributed by atoms with van der Waals surface area (Å²) < 4.78 is 44.7. The van der Waals surface area contributed by atoms with Crippen LogP contribution >= 0.6 is 0 Å². The van der Waals surface area contributed by atoms with Crippen LogP contribution < -0.4 is 15.4 Å². The Hall–Kier alpha value is -4.24. The number of carbonyl (C=O) groups is 4. The minimum atomic E-state index is -3.31. The van der Waals surface area contributed by atoms with E-state index in [1.165, 1.54) is 11.2 Å². The number of amides is 2. The number of esters is 1. The number of hydrogen-bond donors (Lipinski definition) is 2. The number of sulfonamides is 1. The SMILES string of the molecule is C[C@H](NC(=O)c1cc(C(=O)NCc2ccc3c(c2)CC(=O)O3)nc2c(F)cnn12)C(=O)CC1CN(S(C)(=O)=O)C1. The summed E-state index contributed by atoms with van der Waals surface area (Å²) in [5.74, 6) is -2.66. The van der Waals surface area contributed by atoms with E-state index in [1.54, 1.807) is 18.2 Å². The van der Waals surface area contributed by atoms with Crippen LogP contribution in [-0.2, 0) is 32.6 Å². The lowest BCUT2D eigenvalue weighted by Gasteiger charge is -2.37. The molecule has 40 heavy (non-hydrogen) atoms. The minimum absolute atomic E-state index is 0.0693. The van der Waals surface area contributed by atoms with Crippen LogP contribution in [-0.4, -0.2) is 76.3 Å². The predicted octanol–water partition coefficient (Wildman–Crippen LogP) is 0.229. The number of aromatic nitrogens is 3. The lowest BCUT2D eigenvalue weighted by molar-refractivity contribution is -0.131. The predicted molar refractivity (Wildman–Crippen MR) is 136 cm³/mol. The van der Waals surface area contributed by atoms with E-state index in [0.717, 1.165) is 23.0 Å². The second-order valence-corrected chi connectivity index (χ2v) is 11.8. The highest BCUT2D eigenvalue weighted by Gasteiger charge is 2.35. The summed E-state index contributed by atoms with van der Waals surface area (Å²) in [7, 11) is -3.31. The molecule has 4 heterocycles. The normalized spacial score (nSPS) is 16.2. The summed E-state index contributed by atoms with van der Waals surface area (Å²) in [6, 6.07) is 5.26. The van der Waals surface area contributed by atoms with Gasteiger partial charge in [0.25, 0.3) is 11.8 Å². The fourth-order valence-corrected chi connectivity index (χ4v) is 5.48. The van der Waals surface area contributed by atoms with Crippen LogP contribution in [0.2, 0.25) is 0 Å². The van der Waals surface area contributed by atoms with Crippen LogP contribution in [0.4, 0.5) is 4.39 Å². The molecule has 5 rings (SSSR count). The maximum absolute atomic E-state index is 14.4. The standard InChI is InChI=1S/C25H25FN6O7S/c1-13(20(33)6-15-11-31(12-15)40(2,37)38)29-25(36)19-8-18(30-23-17(26)10-28-32(19)23)24(35)27-9-14-3-4-21-16(5-14)7-22(34)39-21/h3-5,8,10,13,15H,6-7,9,11-12H2,1-2H3,(H,27,35)(H,29,36)/t13-/m0/s1. The summed E-state index contributed by atoms with van der Waals surface area (Å²) in [6.45, 7) is 2.02. The van der Waals surface area contributed by atoms with E-state index in [0.29, 0.717) is 16.9 Å². The van der Waals surface area contributed by atoms with Crippen molar-refractivity contribution in [3.8, 4) is 5.75 Å². The van der Waals surface area contributed by atoms with Gasteiger partial charge in [-0.2, -0.15) is 5.10 Å². The number of Topliss-reactive ketones (excluding diaryl/α,β-unsaturated/α-hetero) is 1. The molecule has 0 bridgehead atoms. The molecule has 2 aliphatic rings. The van der Waals surface area contributed by atoms with Gasteiger partial charge in [0, 0.05) is 37.7 Å². The zero-order chi connectivity index (χ0) is 28.8. The van der Waals surface area contributed by atoms with Gasteiger partial charge in [-0.3, -0.25) is 19.2 Å². The van der Waals surface area contributed by atoms with Crippen molar-refractivity contribution in [1.29, 1.82) is 0 Å². The van der Waals surface area contributed by atoms with Gasteiger partial charge in [0.1, 0.15) is 17.1 Å². The van der Waals surface area contributed by atoms with E-state index < -0.39 is 33.7 Å². The number of nitrogens with zero attached hydrogens (tertiary/aromatic N) is 4. The molecule has 0 unspecified atom stereocenters. The highest BCUT2D eigenvalue weighted by atomic mass is 32.2. The van der Waals surface area contributed by atoms with Crippen LogP contribution in [0.1, 0.15) is 45.4 Å². The third-order valence-corrected chi connectivity index (χ3v) is 7.98. The summed E-state index contributed by atoms with van der Waals surface area (Å²) in [6.07, 6.45) is 2.16. The monoisotopic (exact) mass is 572 g/mol. The molecule has 3 aromatic rings. The fourth-order valence-electron chi connectivity index (χ4n) is 4.52. The van der Waals surface area contributed by atoms with Gasteiger partial charge in [-0.15, -0.1) is 0 Å². The van der Waals surface area contributed by atoms with Gasteiger partial charge in [-0.1, -0.05) is 6.07 Å². The molecular weight excluding hydrogens is 547 g/mol. The number of rotatable bonds is 9. The van der Waals surface area contributed by atoms with Gasteiger partial charge in [0.05, 0.1) is 24.9 Å². The molecule has 0 spiro atoms. The first-order valence-electron chi connectivity index (χ1n) is 12.3. The Labute approximate surface area is 227 Å². The Bertz CT molecular complexity index is 1670. The highest BCUT2D eigenvalue weighted by molar-refractivity contribution is 7.88. The molecule has 0 radical (unpaired) electrons. The molecule has 210 valence electrons. The fraction of sp³-hybridized carbons (Fsp3) is 0.360. The molecule has 15 heteroatoms. The number of fused-ring (bicyclic) bond motifs is 2. The molecule has 1 aromatic carbocycles. The van der Waals surface area contributed by atoms with Crippen molar-refractivity contribution in [3.05, 3.63) is 58.8 Å². The van der Waals surface area contributed by atoms with Crippen LogP contribution in [0.15, 0.2) is 30.5 Å². The minimum Gasteiger partial charge on any atom is -0.426 e. The van der Waals surface area contributed by atoms with Crippen LogP contribution in [0.25, 0.3) is 5.65 Å². The lowest BCUT2D eigenvalue weighted by atomic mass is 9.94. The van der Waals surface area contributed by atoms with Gasteiger partial charge >= 0.3 is 5.97 Å². The number of carbonyl (C=O) groups excluding carboxylic acids is 4. The van der Waals surface area contributed by atoms with Crippen molar-refractivity contribution in [2.75, 3.05) is 19.3 Å². The molecular formula is C25H25FN6O7S. The first kappa shape index (κ1) is 27.3. The van der Waals surface area contributed by atoms with Crippen LogP contribution in [0.5, 0.6) is 5.75 Å².